The normalized spacial score (nSPS) is 33.7. The number of hydrogen-bond acceptors (Lipinski definition) is 3. The highest BCUT2D eigenvalue weighted by atomic mass is 16.8. The maximum atomic E-state index is 11.3. The zero-order chi connectivity index (χ0) is 11.9. The Hall–Kier alpha value is -0.610. The number of hydrogen-bond donors (Lipinski definition) is 1. The van der Waals surface area contributed by atoms with Crippen molar-refractivity contribution >= 4 is 5.97 Å². The summed E-state index contributed by atoms with van der Waals surface area (Å²) in [5, 5.41) is 9.29. The van der Waals surface area contributed by atoms with Crippen LogP contribution in [0.3, 0.4) is 0 Å². The second kappa shape index (κ2) is 3.46. The van der Waals surface area contributed by atoms with Crippen LogP contribution in [0.25, 0.3) is 0 Å². The third-order valence-electron chi connectivity index (χ3n) is 3.51. The van der Waals surface area contributed by atoms with Gasteiger partial charge in [-0.15, -0.1) is 0 Å². The van der Waals surface area contributed by atoms with Crippen molar-refractivity contribution in [2.24, 2.45) is 5.41 Å². The maximum Gasteiger partial charge on any atom is 0.312 e. The molecule has 1 aliphatic rings. The Bertz CT molecular complexity index is 274. The minimum absolute atomic E-state index is 0.316. The fourth-order valence-electron chi connectivity index (χ4n) is 1.94. The Balaban J connectivity index is 3.00. The van der Waals surface area contributed by atoms with E-state index < -0.39 is 22.8 Å². The minimum Gasteiger partial charge on any atom is -0.481 e. The van der Waals surface area contributed by atoms with Gasteiger partial charge in [0.25, 0.3) is 0 Å². The van der Waals surface area contributed by atoms with Crippen LogP contribution >= 0.6 is 0 Å². The van der Waals surface area contributed by atoms with E-state index in [2.05, 4.69) is 0 Å². The van der Waals surface area contributed by atoms with Crippen LogP contribution in [0, 0.1) is 5.41 Å². The number of ether oxygens (including phenoxy) is 2. The van der Waals surface area contributed by atoms with Crippen molar-refractivity contribution in [1.29, 1.82) is 0 Å². The molecule has 0 spiro atoms. The Kier molecular flexibility index (Phi) is 2.87. The zero-order valence-corrected chi connectivity index (χ0v) is 10.1. The quantitative estimate of drug-likeness (QED) is 0.784. The lowest BCUT2D eigenvalue weighted by Gasteiger charge is -2.39. The predicted octanol–water partition coefficient (Wildman–Crippen LogP) is 2.03. The highest BCUT2D eigenvalue weighted by molar-refractivity contribution is 5.75. The van der Waals surface area contributed by atoms with Crippen LogP contribution < -0.4 is 0 Å². The molecule has 15 heavy (non-hydrogen) atoms. The molecule has 1 saturated heterocycles. The van der Waals surface area contributed by atoms with E-state index in [1.807, 2.05) is 6.92 Å². The summed E-state index contributed by atoms with van der Waals surface area (Å²) in [7, 11) is 0. The largest absolute Gasteiger partial charge is 0.481 e. The van der Waals surface area contributed by atoms with E-state index >= 15 is 0 Å². The monoisotopic (exact) mass is 216 g/mol. The average Bonchev–Trinajstić information content (AvgIpc) is 2.40. The fraction of sp³-hybridized carbons (Fsp3) is 0.909. The average molecular weight is 216 g/mol. The summed E-state index contributed by atoms with van der Waals surface area (Å²) in [6, 6.07) is 0. The first-order valence-electron chi connectivity index (χ1n) is 5.24. The lowest BCUT2D eigenvalue weighted by molar-refractivity contribution is -0.195. The number of rotatable bonds is 3. The molecular weight excluding hydrogens is 196 g/mol. The van der Waals surface area contributed by atoms with Gasteiger partial charge in [-0.3, -0.25) is 4.79 Å². The van der Waals surface area contributed by atoms with Gasteiger partial charge in [-0.1, -0.05) is 6.92 Å². The molecule has 0 aromatic carbocycles. The minimum atomic E-state index is -0.916. The molecule has 0 saturated carbocycles. The fourth-order valence-corrected chi connectivity index (χ4v) is 1.94. The van der Waals surface area contributed by atoms with Crippen LogP contribution in [0.5, 0.6) is 0 Å². The first-order chi connectivity index (χ1) is 6.67. The molecule has 1 aliphatic heterocycles. The summed E-state index contributed by atoms with van der Waals surface area (Å²) in [6.07, 6.45) is 0.512. The summed E-state index contributed by atoms with van der Waals surface area (Å²) in [4.78, 5) is 11.3. The molecule has 0 amide bonds. The molecule has 1 N–H and O–H groups in total. The van der Waals surface area contributed by atoms with Crippen molar-refractivity contribution in [3.05, 3.63) is 0 Å². The van der Waals surface area contributed by atoms with Crippen molar-refractivity contribution < 1.29 is 19.4 Å². The Morgan fingerprint density at radius 1 is 1.47 bits per heavy atom. The smallest absolute Gasteiger partial charge is 0.312 e. The molecule has 0 aromatic heterocycles. The first-order valence-corrected chi connectivity index (χ1v) is 5.24. The summed E-state index contributed by atoms with van der Waals surface area (Å²) < 4.78 is 11.2. The van der Waals surface area contributed by atoms with Crippen molar-refractivity contribution in [2.75, 3.05) is 6.61 Å². The van der Waals surface area contributed by atoms with E-state index in [9.17, 15) is 9.90 Å². The molecule has 4 heteroatoms. The Morgan fingerprint density at radius 3 is 2.27 bits per heavy atom. The molecule has 0 bridgehead atoms. The van der Waals surface area contributed by atoms with Gasteiger partial charge >= 0.3 is 5.97 Å². The Labute approximate surface area is 90.6 Å². The van der Waals surface area contributed by atoms with E-state index in [0.717, 1.165) is 0 Å². The molecule has 0 radical (unpaired) electrons. The lowest BCUT2D eigenvalue weighted by atomic mass is 9.72. The SMILES string of the molecule is CCC(C)(C(=O)O)[C@@]1(C)COC(C)(C)O1. The molecule has 0 aromatic rings. The van der Waals surface area contributed by atoms with Gasteiger partial charge in [-0.25, -0.2) is 0 Å². The number of aliphatic carboxylic acids is 1. The van der Waals surface area contributed by atoms with Crippen LogP contribution in [0.2, 0.25) is 0 Å². The van der Waals surface area contributed by atoms with Gasteiger partial charge in [0.15, 0.2) is 5.79 Å². The molecular formula is C11H20O4. The third kappa shape index (κ3) is 1.88. The van der Waals surface area contributed by atoms with Crippen LogP contribution in [-0.4, -0.2) is 29.1 Å². The molecule has 1 heterocycles. The van der Waals surface area contributed by atoms with Crippen molar-refractivity contribution in [3.63, 3.8) is 0 Å². The summed E-state index contributed by atoms with van der Waals surface area (Å²) >= 11 is 0. The van der Waals surface area contributed by atoms with Gasteiger partial charge < -0.3 is 14.6 Å². The van der Waals surface area contributed by atoms with Crippen LogP contribution in [0.15, 0.2) is 0 Å². The van der Waals surface area contributed by atoms with Crippen molar-refractivity contribution in [1.82, 2.24) is 0 Å². The molecule has 2 atom stereocenters. The van der Waals surface area contributed by atoms with Gasteiger partial charge in [-0.2, -0.15) is 0 Å². The molecule has 1 unspecified atom stereocenters. The van der Waals surface area contributed by atoms with Gasteiger partial charge in [-0.05, 0) is 34.1 Å². The van der Waals surface area contributed by atoms with Crippen molar-refractivity contribution in [3.8, 4) is 0 Å². The standard InChI is InChI=1S/C11H20O4/c1-6-10(4,8(12)13)11(5)7-14-9(2,3)15-11/h6-7H2,1-5H3,(H,12,13)/t10?,11-/m1/s1. The van der Waals surface area contributed by atoms with E-state index in [-0.39, 0.29) is 0 Å². The topological polar surface area (TPSA) is 55.8 Å². The van der Waals surface area contributed by atoms with Gasteiger partial charge in [0, 0.05) is 0 Å². The molecule has 88 valence electrons. The molecule has 1 fully saturated rings. The van der Waals surface area contributed by atoms with E-state index in [4.69, 9.17) is 9.47 Å². The number of carboxylic acid groups (broad SMARTS) is 1. The molecule has 1 rings (SSSR count). The highest BCUT2D eigenvalue weighted by Gasteiger charge is 2.56. The van der Waals surface area contributed by atoms with Crippen molar-refractivity contribution in [2.45, 2.75) is 52.4 Å². The third-order valence-corrected chi connectivity index (χ3v) is 3.51. The van der Waals surface area contributed by atoms with Crippen LogP contribution in [-0.2, 0) is 14.3 Å². The maximum absolute atomic E-state index is 11.3. The second-order valence-corrected chi connectivity index (χ2v) is 5.01. The van der Waals surface area contributed by atoms with Gasteiger partial charge in [0.2, 0.25) is 0 Å². The van der Waals surface area contributed by atoms with E-state index in [1.165, 1.54) is 0 Å². The first kappa shape index (κ1) is 12.5. The highest BCUT2D eigenvalue weighted by Crippen LogP contribution is 2.45. The van der Waals surface area contributed by atoms with E-state index in [1.54, 1.807) is 27.7 Å². The van der Waals surface area contributed by atoms with Gasteiger partial charge in [0.1, 0.15) is 5.60 Å². The van der Waals surface area contributed by atoms with Gasteiger partial charge in [0.05, 0.1) is 12.0 Å². The second-order valence-electron chi connectivity index (χ2n) is 5.01. The van der Waals surface area contributed by atoms with E-state index in [0.29, 0.717) is 13.0 Å². The number of carbonyl (C=O) groups is 1. The zero-order valence-electron chi connectivity index (χ0n) is 10.1. The summed E-state index contributed by atoms with van der Waals surface area (Å²) in [6.45, 7) is 9.29. The number of carboxylic acids is 1. The molecule has 4 nitrogen and oxygen atoms in total. The summed E-state index contributed by atoms with van der Waals surface area (Å²) in [5.74, 6) is -1.53. The van der Waals surface area contributed by atoms with Crippen LogP contribution in [0.1, 0.15) is 41.0 Å². The van der Waals surface area contributed by atoms with Crippen LogP contribution in [0.4, 0.5) is 0 Å². The lowest BCUT2D eigenvalue weighted by Crippen LogP contribution is -2.51. The molecule has 0 aliphatic carbocycles. The summed E-state index contributed by atoms with van der Waals surface area (Å²) in [5.41, 5.74) is -1.68. The predicted molar refractivity (Wildman–Crippen MR) is 55.6 cm³/mol. The Morgan fingerprint density at radius 2 is 2.00 bits per heavy atom.